The van der Waals surface area contributed by atoms with Crippen molar-refractivity contribution in [3.63, 3.8) is 0 Å². The first-order valence-electron chi connectivity index (χ1n) is 9.62. The van der Waals surface area contributed by atoms with Crippen molar-refractivity contribution in [3.05, 3.63) is 12.2 Å². The lowest BCUT2D eigenvalue weighted by Gasteiger charge is -2.68. The van der Waals surface area contributed by atoms with E-state index in [1.807, 2.05) is 0 Å². The van der Waals surface area contributed by atoms with Crippen molar-refractivity contribution in [2.24, 2.45) is 17.3 Å². The van der Waals surface area contributed by atoms with Crippen LogP contribution >= 0.6 is 0 Å². The summed E-state index contributed by atoms with van der Waals surface area (Å²) in [6.07, 6.45) is 12.6. The van der Waals surface area contributed by atoms with Crippen molar-refractivity contribution < 1.29 is 14.3 Å². The number of hydrogen-bond acceptors (Lipinski definition) is 3. The fourth-order valence-electron chi connectivity index (χ4n) is 6.39. The van der Waals surface area contributed by atoms with Crippen molar-refractivity contribution in [3.8, 4) is 0 Å². The van der Waals surface area contributed by atoms with Gasteiger partial charge >= 0.3 is 5.97 Å². The van der Waals surface area contributed by atoms with E-state index in [1.54, 1.807) is 6.92 Å². The first-order valence-corrected chi connectivity index (χ1v) is 9.62. The van der Waals surface area contributed by atoms with Crippen molar-refractivity contribution >= 4 is 5.97 Å². The highest BCUT2D eigenvalue weighted by Gasteiger charge is 2.77. The van der Waals surface area contributed by atoms with Gasteiger partial charge in [-0.1, -0.05) is 38.7 Å². The van der Waals surface area contributed by atoms with E-state index in [9.17, 15) is 4.79 Å². The second-order valence-corrected chi connectivity index (χ2v) is 8.39. The van der Waals surface area contributed by atoms with Crippen LogP contribution in [0.25, 0.3) is 0 Å². The van der Waals surface area contributed by atoms with Crippen LogP contribution in [0.2, 0.25) is 0 Å². The molecule has 0 aromatic heterocycles. The second kappa shape index (κ2) is 5.61. The van der Waals surface area contributed by atoms with Gasteiger partial charge in [0.25, 0.3) is 0 Å². The summed E-state index contributed by atoms with van der Waals surface area (Å²) in [7, 11) is 0. The van der Waals surface area contributed by atoms with Crippen molar-refractivity contribution in [2.75, 3.05) is 6.61 Å². The Labute approximate surface area is 139 Å². The van der Waals surface area contributed by atoms with Gasteiger partial charge < -0.3 is 9.47 Å². The average Bonchev–Trinajstić information content (AvgIpc) is 2.91. The number of ether oxygens (including phenoxy) is 2. The highest BCUT2D eigenvalue weighted by Crippen LogP contribution is 2.71. The molecule has 0 radical (unpaired) electrons. The maximum atomic E-state index is 12.5. The van der Waals surface area contributed by atoms with E-state index >= 15 is 0 Å². The molecule has 0 aromatic rings. The molecule has 0 N–H and O–H groups in total. The molecular formula is C20H30O3. The summed E-state index contributed by atoms with van der Waals surface area (Å²) in [5.41, 5.74) is 0.477. The molecule has 1 spiro atoms. The summed E-state index contributed by atoms with van der Waals surface area (Å²) < 4.78 is 12.5. The summed E-state index contributed by atoms with van der Waals surface area (Å²) >= 11 is 0. The summed E-state index contributed by atoms with van der Waals surface area (Å²) in [6.45, 7) is 6.43. The summed E-state index contributed by atoms with van der Waals surface area (Å²) in [4.78, 5) is 12.5. The van der Waals surface area contributed by atoms with E-state index in [1.165, 1.54) is 64.2 Å². The minimum atomic E-state index is -0.354. The number of carbonyl (C=O) groups is 1. The van der Waals surface area contributed by atoms with E-state index in [4.69, 9.17) is 9.47 Å². The third kappa shape index (κ3) is 2.08. The molecule has 3 nitrogen and oxygen atoms in total. The Morgan fingerprint density at radius 3 is 2.57 bits per heavy atom. The standard InChI is InChI=1S/C20H30O3/c1-14(2)17(21)23-20(15-8-4-3-5-9-15)16-10-6-7-11-19(16)12-13-22-18(19)20/h15-16,18H,1,3-13H2,2H3. The van der Waals surface area contributed by atoms with Gasteiger partial charge in [-0.25, -0.2) is 4.79 Å². The number of esters is 1. The zero-order chi connectivity index (χ0) is 16.1. The molecule has 0 aromatic carbocycles. The Morgan fingerprint density at radius 1 is 1.09 bits per heavy atom. The van der Waals surface area contributed by atoms with Crippen LogP contribution < -0.4 is 0 Å². The molecule has 4 unspecified atom stereocenters. The van der Waals surface area contributed by atoms with E-state index in [0.717, 1.165) is 6.61 Å². The topological polar surface area (TPSA) is 35.5 Å². The van der Waals surface area contributed by atoms with Crippen LogP contribution in [-0.2, 0) is 14.3 Å². The number of rotatable bonds is 3. The molecule has 4 rings (SSSR count). The van der Waals surface area contributed by atoms with Gasteiger partial charge in [0, 0.05) is 29.4 Å². The Bertz CT molecular complexity index is 507. The zero-order valence-corrected chi connectivity index (χ0v) is 14.4. The lowest BCUT2D eigenvalue weighted by molar-refractivity contribution is -0.308. The van der Waals surface area contributed by atoms with Gasteiger partial charge in [-0.2, -0.15) is 0 Å². The van der Waals surface area contributed by atoms with Crippen LogP contribution in [-0.4, -0.2) is 24.3 Å². The molecule has 3 saturated carbocycles. The minimum absolute atomic E-state index is 0.145. The largest absolute Gasteiger partial charge is 0.452 e. The second-order valence-electron chi connectivity index (χ2n) is 8.39. The highest BCUT2D eigenvalue weighted by molar-refractivity contribution is 5.87. The molecule has 4 fully saturated rings. The van der Waals surface area contributed by atoms with Crippen molar-refractivity contribution in [2.45, 2.75) is 82.8 Å². The van der Waals surface area contributed by atoms with Crippen LogP contribution in [0, 0.1) is 17.3 Å². The summed E-state index contributed by atoms with van der Waals surface area (Å²) in [6, 6.07) is 0. The van der Waals surface area contributed by atoms with Gasteiger partial charge in [-0.3, -0.25) is 0 Å². The molecule has 3 heteroatoms. The van der Waals surface area contributed by atoms with Gasteiger partial charge in [0.2, 0.25) is 0 Å². The average molecular weight is 318 g/mol. The third-order valence-corrected chi connectivity index (χ3v) is 7.27. The Morgan fingerprint density at radius 2 is 1.83 bits per heavy atom. The SMILES string of the molecule is C=C(C)C(=O)OC1(C2CCCCC2)C2CCCCC23CCOC31. The van der Waals surface area contributed by atoms with Crippen LogP contribution in [0.4, 0.5) is 0 Å². The smallest absolute Gasteiger partial charge is 0.333 e. The third-order valence-electron chi connectivity index (χ3n) is 7.27. The Kier molecular flexibility index (Phi) is 3.83. The van der Waals surface area contributed by atoms with E-state index in [-0.39, 0.29) is 17.7 Å². The first-order chi connectivity index (χ1) is 11.1. The van der Waals surface area contributed by atoms with Gasteiger partial charge in [-0.15, -0.1) is 0 Å². The number of hydrogen-bond donors (Lipinski definition) is 0. The maximum Gasteiger partial charge on any atom is 0.333 e. The van der Waals surface area contributed by atoms with Crippen LogP contribution in [0.3, 0.4) is 0 Å². The minimum Gasteiger partial charge on any atom is -0.452 e. The van der Waals surface area contributed by atoms with Crippen LogP contribution in [0.1, 0.15) is 71.1 Å². The monoisotopic (exact) mass is 318 g/mol. The molecule has 1 saturated heterocycles. The normalized spacial score (nSPS) is 43.2. The van der Waals surface area contributed by atoms with E-state index < -0.39 is 0 Å². The van der Waals surface area contributed by atoms with Gasteiger partial charge in [0.15, 0.2) is 0 Å². The first kappa shape index (κ1) is 15.7. The predicted octanol–water partition coefficient (Wildman–Crippen LogP) is 4.40. The molecule has 1 heterocycles. The van der Waals surface area contributed by atoms with Crippen LogP contribution in [0.5, 0.6) is 0 Å². The molecule has 4 atom stereocenters. The fourth-order valence-corrected chi connectivity index (χ4v) is 6.39. The van der Waals surface area contributed by atoms with Gasteiger partial charge in [0.05, 0.1) is 0 Å². The Hall–Kier alpha value is -0.830. The molecule has 4 aliphatic rings. The quantitative estimate of drug-likeness (QED) is 0.571. The predicted molar refractivity (Wildman–Crippen MR) is 89.0 cm³/mol. The summed E-state index contributed by atoms with van der Waals surface area (Å²) in [5, 5.41) is 0. The molecular weight excluding hydrogens is 288 g/mol. The molecule has 128 valence electrons. The van der Waals surface area contributed by atoms with Crippen LogP contribution in [0.15, 0.2) is 12.2 Å². The highest BCUT2D eigenvalue weighted by atomic mass is 16.6. The lowest BCUT2D eigenvalue weighted by Crippen LogP contribution is -2.76. The lowest BCUT2D eigenvalue weighted by atomic mass is 9.40. The van der Waals surface area contributed by atoms with Crippen molar-refractivity contribution in [1.82, 2.24) is 0 Å². The summed E-state index contributed by atoms with van der Waals surface area (Å²) in [5.74, 6) is 0.798. The number of carbonyl (C=O) groups excluding carboxylic acids is 1. The van der Waals surface area contributed by atoms with Crippen molar-refractivity contribution in [1.29, 1.82) is 0 Å². The van der Waals surface area contributed by atoms with Gasteiger partial charge in [0.1, 0.15) is 11.7 Å². The molecule has 23 heavy (non-hydrogen) atoms. The fraction of sp³-hybridized carbons (Fsp3) is 0.850. The molecule has 1 aliphatic heterocycles. The van der Waals surface area contributed by atoms with E-state index in [0.29, 0.717) is 22.8 Å². The van der Waals surface area contributed by atoms with E-state index in [2.05, 4.69) is 6.58 Å². The zero-order valence-electron chi connectivity index (χ0n) is 14.4. The molecule has 0 amide bonds. The molecule has 3 aliphatic carbocycles. The van der Waals surface area contributed by atoms with Gasteiger partial charge in [-0.05, 0) is 39.0 Å². The molecule has 0 bridgehead atoms. The maximum absolute atomic E-state index is 12.5. The Balaban J connectivity index is 1.70.